The highest BCUT2D eigenvalue weighted by molar-refractivity contribution is 5.92. The molecule has 1 aromatic carbocycles. The molecule has 92 valence electrons. The first-order chi connectivity index (χ1) is 8.59. The predicted octanol–water partition coefficient (Wildman–Crippen LogP) is 1.28. The number of primary amides is 1. The lowest BCUT2D eigenvalue weighted by Gasteiger charge is -2.13. The molecule has 5 heteroatoms. The fourth-order valence-corrected chi connectivity index (χ4v) is 1.95. The van der Waals surface area contributed by atoms with Gasteiger partial charge in [0, 0.05) is 11.6 Å². The van der Waals surface area contributed by atoms with Crippen molar-refractivity contribution >= 4 is 22.8 Å². The lowest BCUT2D eigenvalue weighted by atomic mass is 9.93. The minimum atomic E-state index is -1.06. The second kappa shape index (κ2) is 4.83. The Bertz CT molecular complexity index is 605. The summed E-state index contributed by atoms with van der Waals surface area (Å²) in [5.74, 6) is -2.58. The van der Waals surface area contributed by atoms with Gasteiger partial charge in [0.05, 0.1) is 17.9 Å². The number of hydrogen-bond acceptors (Lipinski definition) is 3. The van der Waals surface area contributed by atoms with Crippen LogP contribution >= 0.6 is 0 Å². The third kappa shape index (κ3) is 2.29. The van der Waals surface area contributed by atoms with Gasteiger partial charge in [-0.15, -0.1) is 0 Å². The van der Waals surface area contributed by atoms with Crippen molar-refractivity contribution < 1.29 is 14.7 Å². The zero-order chi connectivity index (χ0) is 13.1. The van der Waals surface area contributed by atoms with Gasteiger partial charge in [0.25, 0.3) is 0 Å². The zero-order valence-electron chi connectivity index (χ0n) is 9.54. The number of aromatic nitrogens is 1. The summed E-state index contributed by atoms with van der Waals surface area (Å²) >= 11 is 0. The van der Waals surface area contributed by atoms with E-state index in [4.69, 9.17) is 10.8 Å². The molecule has 2 rings (SSSR count). The third-order valence-corrected chi connectivity index (χ3v) is 2.76. The first-order valence-electron chi connectivity index (χ1n) is 5.44. The number of hydrogen-bond donors (Lipinski definition) is 2. The number of nitrogens with zero attached hydrogens (tertiary/aromatic N) is 1. The summed E-state index contributed by atoms with van der Waals surface area (Å²) < 4.78 is 0. The van der Waals surface area contributed by atoms with Crippen LogP contribution in [0.3, 0.4) is 0 Å². The van der Waals surface area contributed by atoms with Gasteiger partial charge >= 0.3 is 5.97 Å². The van der Waals surface area contributed by atoms with Gasteiger partial charge in [-0.3, -0.25) is 14.6 Å². The van der Waals surface area contributed by atoms with Crippen LogP contribution in [0.15, 0.2) is 36.5 Å². The molecule has 0 saturated heterocycles. The number of pyridine rings is 1. The maximum Gasteiger partial charge on any atom is 0.304 e. The molecule has 1 aromatic heterocycles. The quantitative estimate of drug-likeness (QED) is 0.847. The molecule has 0 aliphatic rings. The van der Waals surface area contributed by atoms with Crippen LogP contribution < -0.4 is 5.73 Å². The lowest BCUT2D eigenvalue weighted by molar-refractivity contribution is -0.139. The van der Waals surface area contributed by atoms with Crippen molar-refractivity contribution in [3.05, 3.63) is 42.1 Å². The molecule has 0 saturated carbocycles. The molecule has 0 bridgehead atoms. The van der Waals surface area contributed by atoms with E-state index in [0.29, 0.717) is 11.1 Å². The molecule has 2 aromatic rings. The number of carboxylic acids is 1. The van der Waals surface area contributed by atoms with Crippen LogP contribution in [0.4, 0.5) is 0 Å². The summed E-state index contributed by atoms with van der Waals surface area (Å²) in [6.45, 7) is 0. The Morgan fingerprint density at radius 2 is 2.00 bits per heavy atom. The van der Waals surface area contributed by atoms with Gasteiger partial charge < -0.3 is 10.8 Å². The summed E-state index contributed by atoms with van der Waals surface area (Å²) in [7, 11) is 0. The van der Waals surface area contributed by atoms with Crippen LogP contribution in [0.1, 0.15) is 17.9 Å². The van der Waals surface area contributed by atoms with E-state index in [2.05, 4.69) is 4.98 Å². The second-order valence-electron chi connectivity index (χ2n) is 3.98. The number of carboxylic acid groups (broad SMARTS) is 1. The van der Waals surface area contributed by atoms with Gasteiger partial charge in [0.15, 0.2) is 0 Å². The van der Waals surface area contributed by atoms with Crippen molar-refractivity contribution in [1.29, 1.82) is 0 Å². The van der Waals surface area contributed by atoms with E-state index in [0.717, 1.165) is 5.39 Å². The molecule has 0 aliphatic carbocycles. The van der Waals surface area contributed by atoms with Crippen molar-refractivity contribution in [2.24, 2.45) is 5.73 Å². The van der Waals surface area contributed by atoms with E-state index in [1.54, 1.807) is 24.4 Å². The first-order valence-corrected chi connectivity index (χ1v) is 5.44. The summed E-state index contributed by atoms with van der Waals surface area (Å²) in [6.07, 6.45) is 1.27. The van der Waals surface area contributed by atoms with Crippen LogP contribution in [0.2, 0.25) is 0 Å². The topological polar surface area (TPSA) is 93.3 Å². The van der Waals surface area contributed by atoms with E-state index >= 15 is 0 Å². The molecule has 1 amide bonds. The van der Waals surface area contributed by atoms with Crippen molar-refractivity contribution in [2.75, 3.05) is 0 Å². The molecule has 1 heterocycles. The fourth-order valence-electron chi connectivity index (χ4n) is 1.95. The van der Waals surface area contributed by atoms with Crippen LogP contribution in [0, 0.1) is 0 Å². The highest BCUT2D eigenvalue weighted by Gasteiger charge is 2.23. The molecule has 5 nitrogen and oxygen atoms in total. The Labute approximate surface area is 103 Å². The van der Waals surface area contributed by atoms with Crippen molar-refractivity contribution in [2.45, 2.75) is 12.3 Å². The standard InChI is InChI=1S/C13H12N2O3/c14-13(18)10(7-11(16)17)9-5-1-3-8-4-2-6-15-12(8)9/h1-6,10H,7H2,(H2,14,18)(H,16,17). The van der Waals surface area contributed by atoms with Crippen molar-refractivity contribution in [3.63, 3.8) is 0 Å². The fraction of sp³-hybridized carbons (Fsp3) is 0.154. The number of aliphatic carboxylic acids is 1. The summed E-state index contributed by atoms with van der Waals surface area (Å²) in [5, 5.41) is 9.69. The van der Waals surface area contributed by atoms with Crippen molar-refractivity contribution in [1.82, 2.24) is 4.98 Å². The summed E-state index contributed by atoms with van der Waals surface area (Å²) in [6, 6.07) is 8.93. The molecule has 0 spiro atoms. The number of benzene rings is 1. The number of carbonyl (C=O) groups excluding carboxylic acids is 1. The highest BCUT2D eigenvalue weighted by atomic mass is 16.4. The normalized spacial score (nSPS) is 12.2. The predicted molar refractivity (Wildman–Crippen MR) is 65.9 cm³/mol. The number of para-hydroxylation sites is 1. The average Bonchev–Trinajstić information content (AvgIpc) is 2.35. The molecule has 1 unspecified atom stereocenters. The summed E-state index contributed by atoms with van der Waals surface area (Å²) in [5.41, 5.74) is 6.45. The van der Waals surface area contributed by atoms with Crippen LogP contribution in [-0.2, 0) is 9.59 Å². The SMILES string of the molecule is NC(=O)C(CC(=O)O)c1cccc2cccnc12. The largest absolute Gasteiger partial charge is 0.481 e. The lowest BCUT2D eigenvalue weighted by Crippen LogP contribution is -2.24. The molecule has 0 aliphatic heterocycles. The van der Waals surface area contributed by atoms with Gasteiger partial charge in [-0.05, 0) is 11.6 Å². The second-order valence-corrected chi connectivity index (χ2v) is 3.98. The maximum absolute atomic E-state index is 11.4. The zero-order valence-corrected chi connectivity index (χ0v) is 9.54. The molecule has 1 atom stereocenters. The van der Waals surface area contributed by atoms with Gasteiger partial charge in [0.2, 0.25) is 5.91 Å². The molecule has 3 N–H and O–H groups in total. The highest BCUT2D eigenvalue weighted by Crippen LogP contribution is 2.26. The minimum Gasteiger partial charge on any atom is -0.481 e. The molecule has 0 radical (unpaired) electrons. The van der Waals surface area contributed by atoms with E-state index in [-0.39, 0.29) is 6.42 Å². The molecule has 0 fully saturated rings. The Balaban J connectivity index is 2.57. The Kier molecular flexibility index (Phi) is 3.23. The number of rotatable bonds is 4. The van der Waals surface area contributed by atoms with E-state index < -0.39 is 17.8 Å². The third-order valence-electron chi connectivity index (χ3n) is 2.76. The van der Waals surface area contributed by atoms with E-state index in [1.165, 1.54) is 0 Å². The van der Waals surface area contributed by atoms with Crippen molar-refractivity contribution in [3.8, 4) is 0 Å². The average molecular weight is 244 g/mol. The van der Waals surface area contributed by atoms with Crippen LogP contribution in [-0.4, -0.2) is 22.0 Å². The van der Waals surface area contributed by atoms with Gasteiger partial charge in [-0.2, -0.15) is 0 Å². The molecular weight excluding hydrogens is 232 g/mol. The van der Waals surface area contributed by atoms with Gasteiger partial charge in [0.1, 0.15) is 0 Å². The monoisotopic (exact) mass is 244 g/mol. The van der Waals surface area contributed by atoms with E-state index in [9.17, 15) is 9.59 Å². The maximum atomic E-state index is 11.4. The first kappa shape index (κ1) is 12.0. The van der Waals surface area contributed by atoms with Crippen LogP contribution in [0.5, 0.6) is 0 Å². The number of fused-ring (bicyclic) bond motifs is 1. The van der Waals surface area contributed by atoms with Crippen LogP contribution in [0.25, 0.3) is 10.9 Å². The Hall–Kier alpha value is -2.43. The van der Waals surface area contributed by atoms with Gasteiger partial charge in [-0.25, -0.2) is 0 Å². The molecular formula is C13H12N2O3. The minimum absolute atomic E-state index is 0.328. The Morgan fingerprint density at radius 1 is 1.28 bits per heavy atom. The van der Waals surface area contributed by atoms with E-state index in [1.807, 2.05) is 12.1 Å². The molecule has 18 heavy (non-hydrogen) atoms. The van der Waals surface area contributed by atoms with Gasteiger partial charge in [-0.1, -0.05) is 24.3 Å². The number of carbonyl (C=O) groups is 2. The smallest absolute Gasteiger partial charge is 0.304 e. The Morgan fingerprint density at radius 3 is 2.67 bits per heavy atom. The summed E-state index contributed by atoms with van der Waals surface area (Å²) in [4.78, 5) is 26.4. The number of amides is 1. The number of nitrogens with two attached hydrogens (primary N) is 1.